The summed E-state index contributed by atoms with van der Waals surface area (Å²) in [5.41, 5.74) is 1.31. The van der Waals surface area contributed by atoms with Gasteiger partial charge in [0.05, 0.1) is 12.2 Å². The molecule has 1 fully saturated rings. The second kappa shape index (κ2) is 7.11. The molecule has 0 radical (unpaired) electrons. The number of fused-ring (bicyclic) bond motifs is 1. The number of carbonyl (C=O) groups is 3. The van der Waals surface area contributed by atoms with Crippen LogP contribution < -0.4 is 15.7 Å². The summed E-state index contributed by atoms with van der Waals surface area (Å²) >= 11 is 0. The minimum absolute atomic E-state index is 0.0207. The van der Waals surface area contributed by atoms with Crippen molar-refractivity contribution in [2.75, 3.05) is 11.6 Å². The SMILES string of the molecule is O=C(NC(=O)C1CCCCC1)c1ccc2c(c1)CNCC(=O)N2O. The van der Waals surface area contributed by atoms with Gasteiger partial charge in [0.15, 0.2) is 0 Å². The zero-order chi connectivity index (χ0) is 17.1. The van der Waals surface area contributed by atoms with Gasteiger partial charge in [-0.15, -0.1) is 0 Å². The summed E-state index contributed by atoms with van der Waals surface area (Å²) in [6.45, 7) is 0.378. The predicted molar refractivity (Wildman–Crippen MR) is 86.5 cm³/mol. The third kappa shape index (κ3) is 3.47. The molecular weight excluding hydrogens is 310 g/mol. The van der Waals surface area contributed by atoms with Gasteiger partial charge in [0.2, 0.25) is 5.91 Å². The van der Waals surface area contributed by atoms with Crippen LogP contribution in [0.2, 0.25) is 0 Å². The first-order chi connectivity index (χ1) is 11.6. The van der Waals surface area contributed by atoms with Crippen LogP contribution in [0.5, 0.6) is 0 Å². The highest BCUT2D eigenvalue weighted by molar-refractivity contribution is 6.06. The molecule has 3 rings (SSSR count). The van der Waals surface area contributed by atoms with E-state index in [1.165, 1.54) is 12.1 Å². The number of hydrogen-bond acceptors (Lipinski definition) is 5. The zero-order valence-electron chi connectivity index (χ0n) is 13.4. The quantitative estimate of drug-likeness (QED) is 0.561. The lowest BCUT2D eigenvalue weighted by molar-refractivity contribution is -0.125. The van der Waals surface area contributed by atoms with Gasteiger partial charge in [-0.25, -0.2) is 0 Å². The van der Waals surface area contributed by atoms with E-state index in [2.05, 4.69) is 10.6 Å². The number of hydrogen-bond donors (Lipinski definition) is 3. The Bertz CT molecular complexity index is 668. The van der Waals surface area contributed by atoms with Gasteiger partial charge in [0.1, 0.15) is 0 Å². The second-order valence-electron chi connectivity index (χ2n) is 6.31. The van der Waals surface area contributed by atoms with Crippen LogP contribution in [0.25, 0.3) is 0 Å². The number of amides is 3. The van der Waals surface area contributed by atoms with Gasteiger partial charge < -0.3 is 5.32 Å². The molecule has 0 saturated heterocycles. The third-order valence-electron chi connectivity index (χ3n) is 4.61. The molecule has 0 aromatic heterocycles. The molecular formula is C17H21N3O4. The predicted octanol–water partition coefficient (Wildman–Crippen LogP) is 1.35. The van der Waals surface area contributed by atoms with Gasteiger partial charge in [-0.3, -0.25) is 24.9 Å². The summed E-state index contributed by atoms with van der Waals surface area (Å²) in [6, 6.07) is 4.61. The van der Waals surface area contributed by atoms with E-state index < -0.39 is 11.8 Å². The van der Waals surface area contributed by atoms with Crippen LogP contribution in [-0.4, -0.2) is 29.5 Å². The number of nitrogens with zero attached hydrogens (tertiary/aromatic N) is 1. The van der Waals surface area contributed by atoms with Crippen LogP contribution in [0.1, 0.15) is 48.0 Å². The first-order valence-corrected chi connectivity index (χ1v) is 8.27. The molecule has 7 heteroatoms. The molecule has 1 aromatic carbocycles. The van der Waals surface area contributed by atoms with Gasteiger partial charge >= 0.3 is 0 Å². The first-order valence-electron chi connectivity index (χ1n) is 8.27. The van der Waals surface area contributed by atoms with Gasteiger partial charge in [-0.2, -0.15) is 5.06 Å². The molecule has 1 saturated carbocycles. The highest BCUT2D eigenvalue weighted by Crippen LogP contribution is 2.25. The van der Waals surface area contributed by atoms with Crippen molar-refractivity contribution in [1.29, 1.82) is 0 Å². The molecule has 0 unspecified atom stereocenters. The molecule has 7 nitrogen and oxygen atoms in total. The molecule has 128 valence electrons. The fraction of sp³-hybridized carbons (Fsp3) is 0.471. The number of benzene rings is 1. The Hall–Kier alpha value is -2.25. The van der Waals surface area contributed by atoms with Crippen molar-refractivity contribution in [2.45, 2.75) is 38.6 Å². The van der Waals surface area contributed by atoms with Crippen molar-refractivity contribution in [3.63, 3.8) is 0 Å². The maximum Gasteiger partial charge on any atom is 0.264 e. The Morgan fingerprint density at radius 1 is 1.17 bits per heavy atom. The lowest BCUT2D eigenvalue weighted by atomic mass is 9.88. The second-order valence-corrected chi connectivity index (χ2v) is 6.31. The van der Waals surface area contributed by atoms with E-state index in [0.29, 0.717) is 28.4 Å². The van der Waals surface area contributed by atoms with E-state index in [4.69, 9.17) is 0 Å². The first kappa shape index (κ1) is 16.6. The van der Waals surface area contributed by atoms with E-state index in [-0.39, 0.29) is 18.4 Å². The van der Waals surface area contributed by atoms with Crippen LogP contribution in [-0.2, 0) is 16.1 Å². The van der Waals surface area contributed by atoms with Crippen molar-refractivity contribution in [3.8, 4) is 0 Å². The lowest BCUT2D eigenvalue weighted by Gasteiger charge is -2.20. The topological polar surface area (TPSA) is 98.7 Å². The molecule has 2 aliphatic rings. The largest absolute Gasteiger partial charge is 0.304 e. The Morgan fingerprint density at radius 2 is 1.92 bits per heavy atom. The molecule has 1 aliphatic carbocycles. The highest BCUT2D eigenvalue weighted by Gasteiger charge is 2.25. The van der Waals surface area contributed by atoms with Crippen LogP contribution in [0.15, 0.2) is 18.2 Å². The van der Waals surface area contributed by atoms with Gasteiger partial charge in [-0.1, -0.05) is 19.3 Å². The molecule has 3 N–H and O–H groups in total. The van der Waals surface area contributed by atoms with Crippen LogP contribution in [0.3, 0.4) is 0 Å². The Balaban J connectivity index is 1.72. The fourth-order valence-electron chi connectivity index (χ4n) is 3.24. The normalized spacial score (nSPS) is 18.7. The standard InChI is InChI=1S/C17H21N3O4/c21-15-10-18-9-13-8-12(6-7-14(13)20(15)24)17(23)19-16(22)11-4-2-1-3-5-11/h6-8,11,18,24H,1-5,9-10H2,(H,19,22,23). The van der Waals surface area contributed by atoms with E-state index in [9.17, 15) is 19.6 Å². The Morgan fingerprint density at radius 3 is 2.67 bits per heavy atom. The summed E-state index contributed by atoms with van der Waals surface area (Å²) in [4.78, 5) is 36.1. The minimum Gasteiger partial charge on any atom is -0.304 e. The summed E-state index contributed by atoms with van der Waals surface area (Å²) in [7, 11) is 0. The lowest BCUT2D eigenvalue weighted by Crippen LogP contribution is -2.36. The number of anilines is 1. The molecule has 1 aromatic rings. The molecule has 3 amide bonds. The number of carbonyl (C=O) groups excluding carboxylic acids is 3. The summed E-state index contributed by atoms with van der Waals surface area (Å²) in [6.07, 6.45) is 4.85. The summed E-state index contributed by atoms with van der Waals surface area (Å²) in [5, 5.41) is 15.8. The number of rotatable bonds is 2. The average Bonchev–Trinajstić information content (AvgIpc) is 2.74. The number of imide groups is 1. The van der Waals surface area contributed by atoms with Crippen molar-refractivity contribution in [2.24, 2.45) is 5.92 Å². The van der Waals surface area contributed by atoms with Crippen LogP contribution >= 0.6 is 0 Å². The molecule has 1 aliphatic heterocycles. The van der Waals surface area contributed by atoms with Crippen LogP contribution in [0, 0.1) is 5.92 Å². The smallest absolute Gasteiger partial charge is 0.264 e. The average molecular weight is 331 g/mol. The molecule has 0 bridgehead atoms. The van der Waals surface area contributed by atoms with Gasteiger partial charge in [0.25, 0.3) is 11.8 Å². The van der Waals surface area contributed by atoms with Crippen molar-refractivity contribution in [1.82, 2.24) is 10.6 Å². The Labute approximate surface area is 140 Å². The van der Waals surface area contributed by atoms with Crippen molar-refractivity contribution in [3.05, 3.63) is 29.3 Å². The van der Waals surface area contributed by atoms with E-state index >= 15 is 0 Å². The van der Waals surface area contributed by atoms with Gasteiger partial charge in [-0.05, 0) is 36.6 Å². The highest BCUT2D eigenvalue weighted by atomic mass is 16.5. The van der Waals surface area contributed by atoms with E-state index in [1.54, 1.807) is 6.07 Å². The summed E-state index contributed by atoms with van der Waals surface area (Å²) in [5.74, 6) is -1.21. The molecule has 24 heavy (non-hydrogen) atoms. The molecule has 1 heterocycles. The maximum atomic E-state index is 12.3. The third-order valence-corrected chi connectivity index (χ3v) is 4.61. The molecule has 0 spiro atoms. The summed E-state index contributed by atoms with van der Waals surface area (Å²) < 4.78 is 0. The van der Waals surface area contributed by atoms with Crippen molar-refractivity contribution < 1.29 is 19.6 Å². The van der Waals surface area contributed by atoms with Gasteiger partial charge in [0, 0.05) is 18.0 Å². The molecule has 0 atom stereocenters. The fourth-order valence-corrected chi connectivity index (χ4v) is 3.24. The maximum absolute atomic E-state index is 12.3. The Kier molecular flexibility index (Phi) is 4.92. The van der Waals surface area contributed by atoms with E-state index in [1.807, 2.05) is 0 Å². The zero-order valence-corrected chi connectivity index (χ0v) is 13.4. The monoisotopic (exact) mass is 331 g/mol. The van der Waals surface area contributed by atoms with Crippen molar-refractivity contribution >= 4 is 23.4 Å². The number of hydroxylamine groups is 1. The minimum atomic E-state index is -0.460. The van der Waals surface area contributed by atoms with E-state index in [0.717, 1.165) is 32.1 Å². The number of nitrogens with one attached hydrogen (secondary N) is 2. The van der Waals surface area contributed by atoms with Crippen LogP contribution in [0.4, 0.5) is 5.69 Å².